The minimum atomic E-state index is -1.15. The lowest BCUT2D eigenvalue weighted by Crippen LogP contribution is -2.33. The van der Waals surface area contributed by atoms with Crippen LogP contribution in [0.5, 0.6) is 34.5 Å². The molecular weight excluding hydrogens is 1640 g/mol. The number of thioether (sulfide) groups is 2. The van der Waals surface area contributed by atoms with Gasteiger partial charge in [0.15, 0.2) is 11.5 Å². The molecule has 0 unspecified atom stereocenters. The molecule has 6 N–H and O–H groups in total. The van der Waals surface area contributed by atoms with Gasteiger partial charge in [-0.2, -0.15) is 0 Å². The molecule has 2 heterocycles. The average Bonchev–Trinajstić information content (AvgIpc) is 1.77. The standard InChI is InChI=1S/C24H23FN2O3.C22H20N2O3S4.C18H18O5.C16H14O5.C10H10O6/c1-16-20(23(28)26-2)12-13-21(22(16)30-15-18-6-4-3-5-7-18)24(29)27-14-17-8-10-19(25)11-9-17;1-14-16(19(25)23-9-11-30-21(23)28)7-8-17(20(26)24-10-12-31-22(24)29)18(14)27-13-15-5-3-2-4-6-15;1-12-14(17(19)21-2)9-10-15(18(20)22-3)16(12)23-11-13-7-5-4-6-8-13;1-10-12(15(17)18)7-8-13(16(19)20)14(10)21-9-11-5-3-2-4-6-11;1-15-9(13)5-3-4-6(10(14)16-2)8(12)7(5)11/h3-13H,14-15H2,1-2H3,(H,26,28)(H,27,29);2-8H,9-13H2,1H3;4-10H,11H2,1-3H3;2-8H,9H2,1H3,(H,17,18)(H,19,20);3-4,11-12H,1-2H3. The van der Waals surface area contributed by atoms with Crippen LogP contribution < -0.4 is 29.6 Å². The molecule has 12 rings (SSSR count). The van der Waals surface area contributed by atoms with Gasteiger partial charge in [0.1, 0.15) is 86.1 Å². The summed E-state index contributed by atoms with van der Waals surface area (Å²) in [4.78, 5) is 123. The summed E-state index contributed by atoms with van der Waals surface area (Å²) in [7, 11) is 6.42. The molecule has 10 aromatic rings. The van der Waals surface area contributed by atoms with Gasteiger partial charge in [-0.25, -0.2) is 33.2 Å². The summed E-state index contributed by atoms with van der Waals surface area (Å²) in [6.45, 7) is 9.20. The summed E-state index contributed by atoms with van der Waals surface area (Å²) >= 11 is 13.6. The van der Waals surface area contributed by atoms with Gasteiger partial charge >= 0.3 is 35.8 Å². The topological polar surface area (TPSA) is 356 Å². The predicted molar refractivity (Wildman–Crippen MR) is 460 cm³/mol. The fourth-order valence-electron chi connectivity index (χ4n) is 11.8. The minimum Gasteiger partial charge on any atom is -0.504 e. The molecule has 0 atom stereocenters. The van der Waals surface area contributed by atoms with Gasteiger partial charge in [0, 0.05) is 71.6 Å². The Kier molecular flexibility index (Phi) is 34.9. The molecule has 10 aromatic carbocycles. The summed E-state index contributed by atoms with van der Waals surface area (Å²) in [6.07, 6.45) is 0. The van der Waals surface area contributed by atoms with Crippen molar-refractivity contribution in [1.82, 2.24) is 20.4 Å². The number of ether oxygens (including phenoxy) is 8. The maximum atomic E-state index is 13.3. The fourth-order valence-corrected chi connectivity index (χ4v) is 14.3. The van der Waals surface area contributed by atoms with Crippen LogP contribution in [0.3, 0.4) is 0 Å². The van der Waals surface area contributed by atoms with Crippen LogP contribution in [0.15, 0.2) is 206 Å². The Hall–Kier alpha value is -13.5. The summed E-state index contributed by atoms with van der Waals surface area (Å²) in [5.74, 6) is -4.86. The van der Waals surface area contributed by atoms with Crippen molar-refractivity contribution in [2.24, 2.45) is 0 Å². The van der Waals surface area contributed by atoms with E-state index in [1.54, 1.807) is 67.1 Å². The Morgan fingerprint density at radius 3 is 1.08 bits per heavy atom. The molecule has 0 bridgehead atoms. The van der Waals surface area contributed by atoms with Crippen molar-refractivity contribution in [3.63, 3.8) is 0 Å². The molecule has 121 heavy (non-hydrogen) atoms. The number of aromatic hydroxyl groups is 2. The van der Waals surface area contributed by atoms with Crippen LogP contribution in [-0.4, -0.2) is 158 Å². The number of aromatic carboxylic acids is 2. The van der Waals surface area contributed by atoms with E-state index in [2.05, 4.69) is 20.1 Å². The maximum absolute atomic E-state index is 13.3. The van der Waals surface area contributed by atoms with Gasteiger partial charge in [-0.05, 0) is 128 Å². The highest BCUT2D eigenvalue weighted by atomic mass is 32.2. The van der Waals surface area contributed by atoms with Gasteiger partial charge in [0.05, 0.1) is 50.7 Å². The predicted octanol–water partition coefficient (Wildman–Crippen LogP) is 15.3. The molecule has 26 nitrogen and oxygen atoms in total. The van der Waals surface area contributed by atoms with Gasteiger partial charge in [-0.1, -0.05) is 181 Å². The maximum Gasteiger partial charge on any atom is 0.341 e. The van der Waals surface area contributed by atoms with Crippen molar-refractivity contribution in [2.45, 2.75) is 60.7 Å². The highest BCUT2D eigenvalue weighted by Gasteiger charge is 2.33. The Morgan fingerprint density at radius 1 is 0.372 bits per heavy atom. The van der Waals surface area contributed by atoms with Crippen LogP contribution in [0.4, 0.5) is 4.39 Å². The first kappa shape index (κ1) is 93.0. The minimum absolute atomic E-state index is 0.0306. The van der Waals surface area contributed by atoms with Crippen molar-refractivity contribution in [2.75, 3.05) is 60.1 Å². The number of benzene rings is 10. The third-order valence-corrected chi connectivity index (χ3v) is 21.2. The van der Waals surface area contributed by atoms with Gasteiger partial charge in [0.2, 0.25) is 0 Å². The highest BCUT2D eigenvalue weighted by Crippen LogP contribution is 2.37. The molecule has 628 valence electrons. The summed E-state index contributed by atoms with van der Waals surface area (Å²) in [5, 5.41) is 42.6. The van der Waals surface area contributed by atoms with E-state index in [-0.39, 0.29) is 96.0 Å². The van der Waals surface area contributed by atoms with Crippen molar-refractivity contribution in [3.05, 3.63) is 318 Å². The molecule has 2 aliphatic heterocycles. The Labute approximate surface area is 715 Å². The second-order valence-electron chi connectivity index (χ2n) is 26.0. The smallest absolute Gasteiger partial charge is 0.341 e. The zero-order valence-electron chi connectivity index (χ0n) is 67.0. The molecular formula is C90H85FN4O22S4. The molecule has 0 aliphatic carbocycles. The number of hydrogen-bond acceptors (Lipinski definition) is 24. The number of phenols is 2. The van der Waals surface area contributed by atoms with Crippen LogP contribution >= 0.6 is 48.0 Å². The Balaban J connectivity index is 0.000000192. The van der Waals surface area contributed by atoms with Crippen molar-refractivity contribution in [3.8, 4) is 34.5 Å². The van der Waals surface area contributed by atoms with Crippen molar-refractivity contribution in [1.29, 1.82) is 0 Å². The number of rotatable bonds is 24. The Morgan fingerprint density at radius 2 is 0.678 bits per heavy atom. The van der Waals surface area contributed by atoms with Gasteiger partial charge in [-0.15, -0.1) is 0 Å². The zero-order valence-corrected chi connectivity index (χ0v) is 70.3. The molecule has 4 amide bonds. The molecule has 2 saturated heterocycles. The zero-order chi connectivity index (χ0) is 88.0. The van der Waals surface area contributed by atoms with Crippen LogP contribution in [0.2, 0.25) is 0 Å². The second kappa shape index (κ2) is 45.5. The molecule has 2 aliphatic rings. The van der Waals surface area contributed by atoms with Gasteiger partial charge in [-0.3, -0.25) is 29.0 Å². The third-order valence-electron chi connectivity index (χ3n) is 18.3. The molecule has 0 saturated carbocycles. The van der Waals surface area contributed by atoms with Gasteiger partial charge < -0.3 is 69.0 Å². The third kappa shape index (κ3) is 24.8. The first-order valence-electron chi connectivity index (χ1n) is 36.9. The normalized spacial score (nSPS) is 11.7. The van der Waals surface area contributed by atoms with E-state index in [4.69, 9.17) is 58.0 Å². The van der Waals surface area contributed by atoms with Crippen LogP contribution in [0, 0.1) is 33.5 Å². The number of phenolic OH excluding ortho intramolecular Hbond substituents is 2. The number of amides is 4. The number of hydrogen-bond donors (Lipinski definition) is 6. The number of carbonyl (C=O) groups is 10. The number of nitrogens with one attached hydrogen (secondary N) is 2. The van der Waals surface area contributed by atoms with Gasteiger partial charge in [0.25, 0.3) is 23.6 Å². The molecule has 31 heteroatoms. The molecule has 0 aromatic heterocycles. The lowest BCUT2D eigenvalue weighted by molar-refractivity contribution is 0.0580. The van der Waals surface area contributed by atoms with E-state index in [9.17, 15) is 67.7 Å². The number of carboxylic acids is 2. The van der Waals surface area contributed by atoms with Crippen LogP contribution in [-0.2, 0) is 51.9 Å². The van der Waals surface area contributed by atoms with E-state index in [0.717, 1.165) is 65.7 Å². The number of esters is 4. The lowest BCUT2D eigenvalue weighted by Gasteiger charge is -2.22. The Bertz CT molecular complexity index is 5410. The quantitative estimate of drug-likeness (QED) is 0.0142. The number of carbonyl (C=O) groups excluding carboxylic acids is 8. The summed E-state index contributed by atoms with van der Waals surface area (Å²) in [5.41, 5.74) is 8.38. The number of thiocarbonyl (C=S) groups is 2. The fraction of sp³-hybridized carbons (Fsp3) is 0.200. The number of carboxylic acid groups (broad SMARTS) is 2. The largest absolute Gasteiger partial charge is 0.504 e. The monoisotopic (exact) mass is 1720 g/mol. The lowest BCUT2D eigenvalue weighted by atomic mass is 10.0. The van der Waals surface area contributed by atoms with E-state index in [0.29, 0.717) is 89.1 Å². The SMILES string of the molecule is CNC(=O)c1ccc(C(=O)NCc2ccc(F)cc2)c(OCc2ccccc2)c1C.COC(=O)c1ccc(C(=O)OC)c(O)c1O.COC(=O)c1ccc(C(=O)OC)c(OCc2ccccc2)c1C.Cc1c(C(=O)N2CCSC2=S)ccc(C(=O)N2CCSC2=S)c1OCc1ccccc1.Cc1c(C(=O)O)ccc(C(=O)O)c1OCc1ccccc1. The first-order chi connectivity index (χ1) is 58.1. The number of nitrogens with zero attached hydrogens (tertiary/aromatic N) is 2. The van der Waals surface area contributed by atoms with Crippen LogP contribution in [0.1, 0.15) is 154 Å². The molecule has 2 fully saturated rings. The summed E-state index contributed by atoms with van der Waals surface area (Å²) < 4.78 is 56.0. The first-order valence-corrected chi connectivity index (χ1v) is 39.6. The van der Waals surface area contributed by atoms with Crippen molar-refractivity contribution < 1.29 is 111 Å². The molecule has 0 spiro atoms. The summed E-state index contributed by atoms with van der Waals surface area (Å²) in [6, 6.07) is 58.4. The van der Waals surface area contributed by atoms with Crippen molar-refractivity contribution >= 4 is 116 Å². The average molecular weight is 1720 g/mol. The second-order valence-corrected chi connectivity index (χ2v) is 29.5. The van der Waals surface area contributed by atoms with E-state index >= 15 is 0 Å². The highest BCUT2D eigenvalue weighted by molar-refractivity contribution is 8.23. The van der Waals surface area contributed by atoms with E-state index < -0.39 is 47.3 Å². The van der Waals surface area contributed by atoms with E-state index in [1.165, 1.54) is 81.1 Å². The molecule has 0 radical (unpaired) electrons. The number of halogens is 1. The van der Waals surface area contributed by atoms with Crippen LogP contribution in [0.25, 0.3) is 0 Å². The number of methoxy groups -OCH3 is 4. The van der Waals surface area contributed by atoms with E-state index in [1.807, 2.05) is 128 Å².